The molecule has 1 heterocycles. The first kappa shape index (κ1) is 14.2. The molecule has 2 rings (SSSR count). The number of hydrogen-bond donors (Lipinski definition) is 3. The van der Waals surface area contributed by atoms with Crippen LogP contribution in [0.2, 0.25) is 0 Å². The zero-order valence-electron chi connectivity index (χ0n) is 11.2. The number of benzene rings is 1. The Morgan fingerprint density at radius 3 is 2.35 bits per heavy atom. The molecule has 0 radical (unpaired) electrons. The summed E-state index contributed by atoms with van der Waals surface area (Å²) in [5.74, 6) is 4.53. The molecule has 0 atom stereocenters. The van der Waals surface area contributed by atoms with E-state index < -0.39 is 5.91 Å². The van der Waals surface area contributed by atoms with Crippen molar-refractivity contribution in [3.8, 4) is 0 Å². The Hall–Kier alpha value is -2.18. The van der Waals surface area contributed by atoms with E-state index in [1.165, 1.54) is 11.3 Å². The predicted octanol–water partition coefficient (Wildman–Crippen LogP) is 2.22. The average Bonchev–Trinajstić information content (AvgIpc) is 2.74. The third kappa shape index (κ3) is 2.71. The minimum absolute atomic E-state index is 0.252. The van der Waals surface area contributed by atoms with Crippen LogP contribution in [0.1, 0.15) is 31.2 Å². The van der Waals surface area contributed by atoms with E-state index in [-0.39, 0.29) is 5.91 Å². The number of hydrogen-bond acceptors (Lipinski definition) is 4. The summed E-state index contributed by atoms with van der Waals surface area (Å²) >= 11 is 1.36. The van der Waals surface area contributed by atoms with Crippen LogP contribution in [0.4, 0.5) is 5.00 Å². The molecule has 1 aromatic heterocycles. The second-order valence-corrected chi connectivity index (χ2v) is 5.51. The largest absolute Gasteiger partial charge is 0.313 e. The number of rotatable bonds is 3. The molecule has 0 spiro atoms. The minimum Gasteiger partial charge on any atom is -0.313 e. The quantitative estimate of drug-likeness (QED) is 0.460. The van der Waals surface area contributed by atoms with Crippen LogP contribution in [-0.4, -0.2) is 11.8 Å². The minimum atomic E-state index is -0.407. The maximum Gasteiger partial charge on any atom is 0.268 e. The fourth-order valence-corrected chi connectivity index (χ4v) is 2.88. The SMILES string of the molecule is Cc1sc(NC(=O)c2ccccc2)c(C(=O)NN)c1C. The summed E-state index contributed by atoms with van der Waals surface area (Å²) in [6, 6.07) is 8.83. The molecule has 6 heteroatoms. The summed E-state index contributed by atoms with van der Waals surface area (Å²) in [6.07, 6.45) is 0. The van der Waals surface area contributed by atoms with Crippen molar-refractivity contribution in [3.05, 3.63) is 51.9 Å². The molecule has 0 unspecified atom stereocenters. The number of thiophene rings is 1. The number of hydrazine groups is 1. The van der Waals surface area contributed by atoms with Crippen LogP contribution >= 0.6 is 11.3 Å². The lowest BCUT2D eigenvalue weighted by molar-refractivity contribution is 0.0954. The lowest BCUT2D eigenvalue weighted by atomic mass is 10.1. The Kier molecular flexibility index (Phi) is 4.16. The van der Waals surface area contributed by atoms with Gasteiger partial charge in [0.05, 0.1) is 5.56 Å². The summed E-state index contributed by atoms with van der Waals surface area (Å²) < 4.78 is 0. The van der Waals surface area contributed by atoms with Crippen LogP contribution in [-0.2, 0) is 0 Å². The van der Waals surface area contributed by atoms with Gasteiger partial charge in [0.25, 0.3) is 11.8 Å². The van der Waals surface area contributed by atoms with Gasteiger partial charge in [-0.25, -0.2) is 5.84 Å². The van der Waals surface area contributed by atoms with E-state index in [9.17, 15) is 9.59 Å². The molecule has 5 nitrogen and oxygen atoms in total. The summed E-state index contributed by atoms with van der Waals surface area (Å²) in [4.78, 5) is 24.9. The van der Waals surface area contributed by atoms with E-state index in [2.05, 4.69) is 10.7 Å². The van der Waals surface area contributed by atoms with E-state index in [1.807, 2.05) is 19.9 Å². The molecule has 0 saturated carbocycles. The van der Waals surface area contributed by atoms with Crippen LogP contribution in [0.3, 0.4) is 0 Å². The van der Waals surface area contributed by atoms with Gasteiger partial charge in [0.1, 0.15) is 5.00 Å². The number of carbonyl (C=O) groups is 2. The summed E-state index contributed by atoms with van der Waals surface area (Å²) in [5.41, 5.74) is 3.88. The molecule has 0 aliphatic carbocycles. The van der Waals surface area contributed by atoms with Gasteiger partial charge in [-0.3, -0.25) is 15.0 Å². The number of carbonyl (C=O) groups excluding carboxylic acids is 2. The molecule has 0 fully saturated rings. The molecule has 0 bridgehead atoms. The van der Waals surface area contributed by atoms with E-state index >= 15 is 0 Å². The van der Waals surface area contributed by atoms with Crippen molar-refractivity contribution in [2.45, 2.75) is 13.8 Å². The Morgan fingerprint density at radius 1 is 1.10 bits per heavy atom. The Balaban J connectivity index is 2.32. The topological polar surface area (TPSA) is 84.2 Å². The highest BCUT2D eigenvalue weighted by atomic mass is 32.1. The van der Waals surface area contributed by atoms with Crippen molar-refractivity contribution >= 4 is 28.2 Å². The maximum absolute atomic E-state index is 12.1. The zero-order chi connectivity index (χ0) is 14.7. The van der Waals surface area contributed by atoms with Crippen LogP contribution in [0.15, 0.2) is 30.3 Å². The standard InChI is InChI=1S/C14H15N3O2S/c1-8-9(2)20-14(11(8)13(19)17-15)16-12(18)10-6-4-3-5-7-10/h3-7H,15H2,1-2H3,(H,16,18)(H,17,19). The van der Waals surface area contributed by atoms with Gasteiger partial charge in [-0.1, -0.05) is 18.2 Å². The number of nitrogens with one attached hydrogen (secondary N) is 2. The summed E-state index contributed by atoms with van der Waals surface area (Å²) in [6.45, 7) is 3.72. The molecule has 4 N–H and O–H groups in total. The maximum atomic E-state index is 12.1. The van der Waals surface area contributed by atoms with Gasteiger partial charge in [-0.2, -0.15) is 0 Å². The number of aryl methyl sites for hydroxylation is 1. The van der Waals surface area contributed by atoms with Crippen molar-refractivity contribution in [1.82, 2.24) is 5.43 Å². The van der Waals surface area contributed by atoms with Crippen LogP contribution in [0, 0.1) is 13.8 Å². The molecule has 0 aliphatic heterocycles. The molecular weight excluding hydrogens is 274 g/mol. The molecule has 0 saturated heterocycles. The Bertz CT molecular complexity index is 650. The molecule has 20 heavy (non-hydrogen) atoms. The van der Waals surface area contributed by atoms with Crippen molar-refractivity contribution < 1.29 is 9.59 Å². The van der Waals surface area contributed by atoms with Crippen LogP contribution < -0.4 is 16.6 Å². The molecule has 104 valence electrons. The molecule has 2 amide bonds. The first-order valence-electron chi connectivity index (χ1n) is 6.02. The third-order valence-electron chi connectivity index (χ3n) is 3.01. The second-order valence-electron chi connectivity index (χ2n) is 4.28. The van der Waals surface area contributed by atoms with E-state index in [1.54, 1.807) is 24.3 Å². The predicted molar refractivity (Wildman–Crippen MR) is 79.8 cm³/mol. The van der Waals surface area contributed by atoms with E-state index in [4.69, 9.17) is 5.84 Å². The number of amides is 2. The fraction of sp³-hybridized carbons (Fsp3) is 0.143. The van der Waals surface area contributed by atoms with Gasteiger partial charge < -0.3 is 5.32 Å². The van der Waals surface area contributed by atoms with Crippen molar-refractivity contribution in [1.29, 1.82) is 0 Å². The molecule has 1 aromatic carbocycles. The average molecular weight is 289 g/mol. The first-order valence-corrected chi connectivity index (χ1v) is 6.83. The highest BCUT2D eigenvalue weighted by molar-refractivity contribution is 7.16. The lowest BCUT2D eigenvalue weighted by Gasteiger charge is -2.06. The summed E-state index contributed by atoms with van der Waals surface area (Å²) in [7, 11) is 0. The fourth-order valence-electron chi connectivity index (χ4n) is 1.83. The van der Waals surface area contributed by atoms with Crippen molar-refractivity contribution in [2.75, 3.05) is 5.32 Å². The zero-order valence-corrected chi connectivity index (χ0v) is 12.0. The number of anilines is 1. The van der Waals surface area contributed by atoms with Gasteiger partial charge in [-0.15, -0.1) is 11.3 Å². The van der Waals surface area contributed by atoms with Crippen molar-refractivity contribution in [2.24, 2.45) is 5.84 Å². The van der Waals surface area contributed by atoms with Crippen LogP contribution in [0.25, 0.3) is 0 Å². The normalized spacial score (nSPS) is 10.2. The van der Waals surface area contributed by atoms with Gasteiger partial charge in [0.2, 0.25) is 0 Å². The smallest absolute Gasteiger partial charge is 0.268 e. The number of nitrogens with two attached hydrogens (primary N) is 1. The highest BCUT2D eigenvalue weighted by Gasteiger charge is 2.20. The highest BCUT2D eigenvalue weighted by Crippen LogP contribution is 2.32. The van der Waals surface area contributed by atoms with Gasteiger partial charge in [-0.05, 0) is 31.5 Å². The third-order valence-corrected chi connectivity index (χ3v) is 4.13. The molecule has 0 aliphatic rings. The van der Waals surface area contributed by atoms with Gasteiger partial charge in [0.15, 0.2) is 0 Å². The van der Waals surface area contributed by atoms with Crippen molar-refractivity contribution in [3.63, 3.8) is 0 Å². The first-order chi connectivity index (χ1) is 9.54. The van der Waals surface area contributed by atoms with E-state index in [0.717, 1.165) is 10.4 Å². The summed E-state index contributed by atoms with van der Waals surface area (Å²) in [5, 5.41) is 3.28. The van der Waals surface area contributed by atoms with Gasteiger partial charge in [0, 0.05) is 10.4 Å². The van der Waals surface area contributed by atoms with Crippen LogP contribution in [0.5, 0.6) is 0 Å². The Morgan fingerprint density at radius 2 is 1.75 bits per heavy atom. The molecule has 2 aromatic rings. The second kappa shape index (κ2) is 5.85. The number of nitrogen functional groups attached to an aromatic ring is 1. The van der Waals surface area contributed by atoms with Gasteiger partial charge >= 0.3 is 0 Å². The Labute approximate surface area is 120 Å². The lowest BCUT2D eigenvalue weighted by Crippen LogP contribution is -2.31. The van der Waals surface area contributed by atoms with E-state index in [0.29, 0.717) is 16.1 Å². The monoisotopic (exact) mass is 289 g/mol. The molecular formula is C14H15N3O2S.